The Bertz CT molecular complexity index is 299. The maximum atomic E-state index is 12.6. The van der Waals surface area contributed by atoms with Crippen molar-refractivity contribution in [2.45, 2.75) is 6.04 Å². The standard InChI is InChI=1S/C9H9BrFN/c1-2-9(12)7-4-3-6(11)5-8(7)10/h2-5,9H,1,12H2/t9-/m0/s1. The van der Waals surface area contributed by atoms with Crippen molar-refractivity contribution >= 4 is 15.9 Å². The number of nitrogens with two attached hydrogens (primary N) is 1. The largest absolute Gasteiger partial charge is 0.321 e. The second-order valence-electron chi connectivity index (χ2n) is 2.43. The molecule has 12 heavy (non-hydrogen) atoms. The fourth-order valence-electron chi connectivity index (χ4n) is 0.899. The van der Waals surface area contributed by atoms with E-state index < -0.39 is 0 Å². The number of benzene rings is 1. The van der Waals surface area contributed by atoms with Crippen molar-refractivity contribution in [2.75, 3.05) is 0 Å². The van der Waals surface area contributed by atoms with Crippen molar-refractivity contribution in [1.29, 1.82) is 0 Å². The molecule has 0 aliphatic rings. The Morgan fingerprint density at radius 1 is 1.58 bits per heavy atom. The molecule has 1 rings (SSSR count). The number of rotatable bonds is 2. The van der Waals surface area contributed by atoms with Gasteiger partial charge >= 0.3 is 0 Å². The zero-order valence-electron chi connectivity index (χ0n) is 6.43. The van der Waals surface area contributed by atoms with Crippen LogP contribution in [-0.2, 0) is 0 Å². The van der Waals surface area contributed by atoms with Gasteiger partial charge in [-0.2, -0.15) is 0 Å². The molecule has 0 aliphatic carbocycles. The van der Waals surface area contributed by atoms with Crippen molar-refractivity contribution in [1.82, 2.24) is 0 Å². The molecule has 0 fully saturated rings. The van der Waals surface area contributed by atoms with Crippen LogP contribution in [0.15, 0.2) is 35.3 Å². The van der Waals surface area contributed by atoms with E-state index >= 15 is 0 Å². The Hall–Kier alpha value is -0.670. The van der Waals surface area contributed by atoms with Crippen LogP contribution in [0.2, 0.25) is 0 Å². The summed E-state index contributed by atoms with van der Waals surface area (Å²) in [4.78, 5) is 0. The lowest BCUT2D eigenvalue weighted by Crippen LogP contribution is -2.07. The second-order valence-corrected chi connectivity index (χ2v) is 3.28. The van der Waals surface area contributed by atoms with Gasteiger partial charge in [0.15, 0.2) is 0 Å². The molecule has 0 aliphatic heterocycles. The summed E-state index contributed by atoms with van der Waals surface area (Å²) in [5.74, 6) is -0.276. The quantitative estimate of drug-likeness (QED) is 0.776. The first kappa shape index (κ1) is 9.42. The molecule has 1 aromatic rings. The molecule has 64 valence electrons. The van der Waals surface area contributed by atoms with E-state index in [4.69, 9.17) is 5.73 Å². The van der Waals surface area contributed by atoms with E-state index in [0.29, 0.717) is 4.47 Å². The minimum atomic E-state index is -0.276. The molecule has 0 saturated heterocycles. The highest BCUT2D eigenvalue weighted by molar-refractivity contribution is 9.10. The minimum Gasteiger partial charge on any atom is -0.321 e. The number of hydrogen-bond donors (Lipinski definition) is 1. The summed E-state index contributed by atoms with van der Waals surface area (Å²) in [5, 5.41) is 0. The fourth-order valence-corrected chi connectivity index (χ4v) is 1.51. The fraction of sp³-hybridized carbons (Fsp3) is 0.111. The van der Waals surface area contributed by atoms with Crippen LogP contribution in [0.3, 0.4) is 0 Å². The molecule has 0 saturated carbocycles. The summed E-state index contributed by atoms with van der Waals surface area (Å²) < 4.78 is 13.3. The average Bonchev–Trinajstić information content (AvgIpc) is 2.03. The van der Waals surface area contributed by atoms with E-state index in [9.17, 15) is 4.39 Å². The van der Waals surface area contributed by atoms with Gasteiger partial charge in [-0.1, -0.05) is 28.1 Å². The Balaban J connectivity index is 3.09. The van der Waals surface area contributed by atoms with E-state index in [1.807, 2.05) is 0 Å². The Kier molecular flexibility index (Phi) is 3.00. The molecule has 0 bridgehead atoms. The van der Waals surface area contributed by atoms with Crippen LogP contribution in [0, 0.1) is 5.82 Å². The van der Waals surface area contributed by atoms with Gasteiger partial charge in [0.25, 0.3) is 0 Å². The van der Waals surface area contributed by atoms with Crippen molar-refractivity contribution in [3.05, 3.63) is 46.7 Å². The van der Waals surface area contributed by atoms with Gasteiger partial charge in [0.1, 0.15) is 5.82 Å². The molecule has 2 N–H and O–H groups in total. The number of halogens is 2. The van der Waals surface area contributed by atoms with Gasteiger partial charge < -0.3 is 5.73 Å². The summed E-state index contributed by atoms with van der Waals surface area (Å²) in [6.45, 7) is 3.56. The lowest BCUT2D eigenvalue weighted by Gasteiger charge is -2.08. The first-order valence-electron chi connectivity index (χ1n) is 3.48. The Labute approximate surface area is 79.2 Å². The zero-order chi connectivity index (χ0) is 9.14. The van der Waals surface area contributed by atoms with Gasteiger partial charge in [0.2, 0.25) is 0 Å². The summed E-state index contributed by atoms with van der Waals surface area (Å²) in [6, 6.07) is 4.16. The SMILES string of the molecule is C=C[C@H](N)c1ccc(F)cc1Br. The van der Waals surface area contributed by atoms with Gasteiger partial charge in [-0.05, 0) is 17.7 Å². The van der Waals surface area contributed by atoms with Crippen LogP contribution in [0.4, 0.5) is 4.39 Å². The third kappa shape index (κ3) is 1.93. The van der Waals surface area contributed by atoms with Crippen molar-refractivity contribution < 1.29 is 4.39 Å². The van der Waals surface area contributed by atoms with Crippen LogP contribution in [0.1, 0.15) is 11.6 Å². The minimum absolute atomic E-state index is 0.250. The van der Waals surface area contributed by atoms with Crippen molar-refractivity contribution in [3.63, 3.8) is 0 Å². The van der Waals surface area contributed by atoms with Crippen LogP contribution in [-0.4, -0.2) is 0 Å². The molecular formula is C9H9BrFN. The molecular weight excluding hydrogens is 221 g/mol. The van der Waals surface area contributed by atoms with Gasteiger partial charge in [0, 0.05) is 10.5 Å². The van der Waals surface area contributed by atoms with Gasteiger partial charge in [-0.25, -0.2) is 4.39 Å². The van der Waals surface area contributed by atoms with E-state index in [-0.39, 0.29) is 11.9 Å². The van der Waals surface area contributed by atoms with Crippen LogP contribution in [0.25, 0.3) is 0 Å². The summed E-state index contributed by atoms with van der Waals surface area (Å²) in [6.07, 6.45) is 1.61. The average molecular weight is 230 g/mol. The molecule has 0 radical (unpaired) electrons. The Morgan fingerprint density at radius 2 is 2.25 bits per heavy atom. The van der Waals surface area contributed by atoms with E-state index in [1.54, 1.807) is 12.1 Å². The lowest BCUT2D eigenvalue weighted by atomic mass is 10.1. The molecule has 0 unspecified atom stereocenters. The molecule has 3 heteroatoms. The molecule has 0 amide bonds. The smallest absolute Gasteiger partial charge is 0.124 e. The third-order valence-corrected chi connectivity index (χ3v) is 2.26. The maximum Gasteiger partial charge on any atom is 0.124 e. The Morgan fingerprint density at radius 3 is 2.75 bits per heavy atom. The third-order valence-electron chi connectivity index (χ3n) is 1.58. The normalized spacial score (nSPS) is 12.6. The van der Waals surface area contributed by atoms with Gasteiger partial charge in [0.05, 0.1) is 0 Å². The second kappa shape index (κ2) is 3.83. The predicted molar refractivity (Wildman–Crippen MR) is 51.2 cm³/mol. The highest BCUT2D eigenvalue weighted by Gasteiger charge is 2.06. The van der Waals surface area contributed by atoms with E-state index in [0.717, 1.165) is 5.56 Å². The zero-order valence-corrected chi connectivity index (χ0v) is 8.01. The lowest BCUT2D eigenvalue weighted by molar-refractivity contribution is 0.625. The molecule has 0 aromatic heterocycles. The first-order valence-corrected chi connectivity index (χ1v) is 4.27. The molecule has 1 nitrogen and oxygen atoms in total. The van der Waals surface area contributed by atoms with E-state index in [1.165, 1.54) is 12.1 Å². The maximum absolute atomic E-state index is 12.6. The predicted octanol–water partition coefficient (Wildman–Crippen LogP) is 2.77. The summed E-state index contributed by atoms with van der Waals surface area (Å²) in [5.41, 5.74) is 6.51. The van der Waals surface area contributed by atoms with Crippen LogP contribution < -0.4 is 5.73 Å². The summed E-state index contributed by atoms with van der Waals surface area (Å²) >= 11 is 3.22. The molecule has 0 spiro atoms. The van der Waals surface area contributed by atoms with Crippen molar-refractivity contribution in [3.8, 4) is 0 Å². The summed E-state index contributed by atoms with van der Waals surface area (Å²) in [7, 11) is 0. The monoisotopic (exact) mass is 229 g/mol. The highest BCUT2D eigenvalue weighted by atomic mass is 79.9. The first-order chi connectivity index (χ1) is 5.65. The number of hydrogen-bond acceptors (Lipinski definition) is 1. The van der Waals surface area contributed by atoms with Gasteiger partial charge in [-0.3, -0.25) is 0 Å². The molecule has 1 aromatic carbocycles. The van der Waals surface area contributed by atoms with Crippen molar-refractivity contribution in [2.24, 2.45) is 5.73 Å². The van der Waals surface area contributed by atoms with Crippen LogP contribution >= 0.6 is 15.9 Å². The topological polar surface area (TPSA) is 26.0 Å². The highest BCUT2D eigenvalue weighted by Crippen LogP contribution is 2.23. The molecule has 0 heterocycles. The molecule has 1 atom stereocenters. The van der Waals surface area contributed by atoms with Crippen LogP contribution in [0.5, 0.6) is 0 Å². The van der Waals surface area contributed by atoms with E-state index in [2.05, 4.69) is 22.5 Å². The van der Waals surface area contributed by atoms with Gasteiger partial charge in [-0.15, -0.1) is 6.58 Å².